The summed E-state index contributed by atoms with van der Waals surface area (Å²) in [6.45, 7) is 1.01. The number of para-hydroxylation sites is 1. The number of hydrogen-bond acceptors (Lipinski definition) is 5. The molecule has 1 aromatic carbocycles. The quantitative estimate of drug-likeness (QED) is 0.847. The zero-order valence-corrected chi connectivity index (χ0v) is 12.9. The van der Waals surface area contributed by atoms with Gasteiger partial charge in [-0.25, -0.2) is 4.79 Å². The molecule has 114 valence electrons. The molecule has 6 nitrogen and oxygen atoms in total. The van der Waals surface area contributed by atoms with E-state index in [1.807, 2.05) is 30.3 Å². The lowest BCUT2D eigenvalue weighted by Crippen LogP contribution is -2.36. The Morgan fingerprint density at radius 2 is 2.10 bits per heavy atom. The Bertz CT molecular complexity index is 491. The van der Waals surface area contributed by atoms with Gasteiger partial charge in [-0.05, 0) is 12.1 Å². The predicted octanol–water partition coefficient (Wildman–Crippen LogP) is 2.24. The van der Waals surface area contributed by atoms with E-state index in [-0.39, 0.29) is 6.03 Å². The molecule has 1 heterocycles. The number of aliphatic imine (C=N–C) groups is 1. The van der Waals surface area contributed by atoms with E-state index < -0.39 is 6.29 Å². The molecule has 1 fully saturated rings. The Balaban J connectivity index is 1.97. The van der Waals surface area contributed by atoms with Crippen molar-refractivity contribution >= 4 is 28.6 Å². The number of carbonyl (C=O) groups excluding carboxylic acids is 1. The van der Waals surface area contributed by atoms with Crippen LogP contribution in [0.3, 0.4) is 0 Å². The average Bonchev–Trinajstić information content (AvgIpc) is 2.98. The standard InChI is InChI=1S/C14H19N3O3S/c1-19-12(20-2)10-15-14-17(8-9-21-14)13(18)16-11-6-4-3-5-7-11/h3-7,12H,8-10H2,1-2H3,(H,16,18). The Labute approximate surface area is 128 Å². The van der Waals surface area contributed by atoms with Gasteiger partial charge in [-0.1, -0.05) is 30.0 Å². The highest BCUT2D eigenvalue weighted by Gasteiger charge is 2.26. The second-order valence-electron chi connectivity index (χ2n) is 4.32. The minimum atomic E-state index is -0.391. The van der Waals surface area contributed by atoms with E-state index in [0.717, 1.165) is 11.4 Å². The maximum Gasteiger partial charge on any atom is 0.327 e. The molecule has 0 bridgehead atoms. The Morgan fingerprint density at radius 1 is 1.38 bits per heavy atom. The van der Waals surface area contributed by atoms with Crippen LogP contribution in [0.25, 0.3) is 0 Å². The fraction of sp³-hybridized carbons (Fsp3) is 0.429. The number of rotatable bonds is 5. The number of methoxy groups -OCH3 is 2. The van der Waals surface area contributed by atoms with E-state index in [1.54, 1.807) is 30.9 Å². The molecule has 0 spiro atoms. The van der Waals surface area contributed by atoms with Crippen LogP contribution in [0.1, 0.15) is 0 Å². The van der Waals surface area contributed by atoms with Gasteiger partial charge in [0.1, 0.15) is 0 Å². The number of ether oxygens (including phenoxy) is 2. The van der Waals surface area contributed by atoms with Crippen molar-refractivity contribution in [3.8, 4) is 0 Å². The molecule has 0 saturated carbocycles. The van der Waals surface area contributed by atoms with E-state index in [4.69, 9.17) is 9.47 Å². The van der Waals surface area contributed by atoms with Crippen molar-refractivity contribution in [2.75, 3.05) is 38.4 Å². The minimum absolute atomic E-state index is 0.170. The molecule has 2 amide bonds. The predicted molar refractivity (Wildman–Crippen MR) is 84.7 cm³/mol. The number of urea groups is 1. The fourth-order valence-corrected chi connectivity index (χ4v) is 2.78. The number of anilines is 1. The Hall–Kier alpha value is -1.57. The third-order valence-corrected chi connectivity index (χ3v) is 3.94. The zero-order chi connectivity index (χ0) is 15.1. The summed E-state index contributed by atoms with van der Waals surface area (Å²) in [5.74, 6) is 0.839. The molecular weight excluding hydrogens is 290 g/mol. The summed E-state index contributed by atoms with van der Waals surface area (Å²) in [5.41, 5.74) is 0.769. The Kier molecular flexibility index (Phi) is 6.04. The molecule has 21 heavy (non-hydrogen) atoms. The number of benzene rings is 1. The highest BCUT2D eigenvalue weighted by Crippen LogP contribution is 2.19. The lowest BCUT2D eigenvalue weighted by Gasteiger charge is -2.17. The normalized spacial score (nSPS) is 16.7. The topological polar surface area (TPSA) is 63.2 Å². The third kappa shape index (κ3) is 4.45. The molecule has 1 aliphatic rings. The molecule has 7 heteroatoms. The summed E-state index contributed by atoms with van der Waals surface area (Å²) in [4.78, 5) is 18.3. The Morgan fingerprint density at radius 3 is 2.76 bits per heavy atom. The molecule has 1 saturated heterocycles. The number of nitrogens with one attached hydrogen (secondary N) is 1. The van der Waals surface area contributed by atoms with Gasteiger partial charge >= 0.3 is 6.03 Å². The van der Waals surface area contributed by atoms with Gasteiger partial charge in [0, 0.05) is 32.2 Å². The van der Waals surface area contributed by atoms with Crippen LogP contribution in [0, 0.1) is 0 Å². The molecule has 1 aliphatic heterocycles. The van der Waals surface area contributed by atoms with Crippen LogP contribution in [-0.2, 0) is 9.47 Å². The van der Waals surface area contributed by atoms with Crippen LogP contribution >= 0.6 is 11.8 Å². The highest BCUT2D eigenvalue weighted by atomic mass is 32.2. The number of amidine groups is 1. The number of hydrogen-bond donors (Lipinski definition) is 1. The third-order valence-electron chi connectivity index (χ3n) is 2.95. The van der Waals surface area contributed by atoms with Gasteiger partial charge in [-0.2, -0.15) is 0 Å². The van der Waals surface area contributed by atoms with Crippen molar-refractivity contribution in [3.63, 3.8) is 0 Å². The van der Waals surface area contributed by atoms with Gasteiger partial charge in [0.25, 0.3) is 0 Å². The largest absolute Gasteiger partial charge is 0.354 e. The van der Waals surface area contributed by atoms with Crippen molar-refractivity contribution in [1.29, 1.82) is 0 Å². The van der Waals surface area contributed by atoms with Gasteiger partial charge in [0.2, 0.25) is 0 Å². The van der Waals surface area contributed by atoms with Crippen LogP contribution in [0.2, 0.25) is 0 Å². The maximum absolute atomic E-state index is 12.3. The first-order chi connectivity index (χ1) is 10.2. The van der Waals surface area contributed by atoms with E-state index in [0.29, 0.717) is 18.3 Å². The van der Waals surface area contributed by atoms with Crippen LogP contribution in [0.4, 0.5) is 10.5 Å². The highest BCUT2D eigenvalue weighted by molar-refractivity contribution is 8.14. The van der Waals surface area contributed by atoms with E-state index >= 15 is 0 Å². The molecular formula is C14H19N3O3S. The monoisotopic (exact) mass is 309 g/mol. The lowest BCUT2D eigenvalue weighted by atomic mass is 10.3. The van der Waals surface area contributed by atoms with Crippen molar-refractivity contribution in [2.45, 2.75) is 6.29 Å². The molecule has 0 aliphatic carbocycles. The van der Waals surface area contributed by atoms with Crippen molar-refractivity contribution in [2.24, 2.45) is 4.99 Å². The van der Waals surface area contributed by atoms with Gasteiger partial charge in [0.15, 0.2) is 11.5 Å². The molecule has 0 atom stereocenters. The summed E-state index contributed by atoms with van der Waals surface area (Å²) in [7, 11) is 3.13. The zero-order valence-electron chi connectivity index (χ0n) is 12.1. The number of thioether (sulfide) groups is 1. The molecule has 0 unspecified atom stereocenters. The van der Waals surface area contributed by atoms with Crippen LogP contribution in [-0.4, -0.2) is 55.5 Å². The smallest absolute Gasteiger partial charge is 0.327 e. The molecule has 1 aromatic rings. The molecule has 0 radical (unpaired) electrons. The lowest BCUT2D eigenvalue weighted by molar-refractivity contribution is -0.0937. The average molecular weight is 309 g/mol. The molecule has 0 aromatic heterocycles. The van der Waals surface area contributed by atoms with E-state index in [2.05, 4.69) is 10.3 Å². The van der Waals surface area contributed by atoms with Gasteiger partial charge < -0.3 is 14.8 Å². The first-order valence-corrected chi connectivity index (χ1v) is 7.59. The fourth-order valence-electron chi connectivity index (χ4n) is 1.83. The van der Waals surface area contributed by atoms with Crippen LogP contribution in [0.5, 0.6) is 0 Å². The van der Waals surface area contributed by atoms with Gasteiger partial charge in [-0.15, -0.1) is 0 Å². The summed E-state index contributed by atoms with van der Waals surface area (Å²) in [5, 5.41) is 3.56. The number of nitrogens with zero attached hydrogens (tertiary/aromatic N) is 2. The van der Waals surface area contributed by atoms with Gasteiger partial charge in [-0.3, -0.25) is 9.89 Å². The van der Waals surface area contributed by atoms with Crippen molar-refractivity contribution in [1.82, 2.24) is 4.90 Å². The first kappa shape index (κ1) is 15.8. The maximum atomic E-state index is 12.3. The van der Waals surface area contributed by atoms with E-state index in [1.165, 1.54) is 0 Å². The molecule has 1 N–H and O–H groups in total. The minimum Gasteiger partial charge on any atom is -0.354 e. The van der Waals surface area contributed by atoms with Crippen LogP contribution < -0.4 is 5.32 Å². The summed E-state index contributed by atoms with van der Waals surface area (Å²) in [6, 6.07) is 9.20. The van der Waals surface area contributed by atoms with E-state index in [9.17, 15) is 4.79 Å². The second kappa shape index (κ2) is 8.02. The van der Waals surface area contributed by atoms with Crippen LogP contribution in [0.15, 0.2) is 35.3 Å². The molecule has 2 rings (SSSR count). The number of amides is 2. The number of carbonyl (C=O) groups is 1. The summed E-state index contributed by atoms with van der Waals surface area (Å²) < 4.78 is 10.2. The summed E-state index contributed by atoms with van der Waals surface area (Å²) >= 11 is 1.56. The summed E-state index contributed by atoms with van der Waals surface area (Å²) in [6.07, 6.45) is -0.391. The van der Waals surface area contributed by atoms with Crippen molar-refractivity contribution in [3.05, 3.63) is 30.3 Å². The van der Waals surface area contributed by atoms with Crippen molar-refractivity contribution < 1.29 is 14.3 Å². The SMILES string of the molecule is COC(CN=C1SCCN1C(=O)Nc1ccccc1)OC. The second-order valence-corrected chi connectivity index (χ2v) is 5.38. The first-order valence-electron chi connectivity index (χ1n) is 6.61. The van der Waals surface area contributed by atoms with Gasteiger partial charge in [0.05, 0.1) is 6.54 Å².